The molecule has 3 aromatic rings. The van der Waals surface area contributed by atoms with Gasteiger partial charge >= 0.3 is 11.8 Å². The number of nitrogens with one attached hydrogen (secondary N) is 3. The fraction of sp³-hybridized carbons (Fsp3) is 0.125. The van der Waals surface area contributed by atoms with E-state index in [4.69, 9.17) is 0 Å². The summed E-state index contributed by atoms with van der Waals surface area (Å²) in [5, 5.41) is 7.76. The predicted molar refractivity (Wildman–Crippen MR) is 116 cm³/mol. The van der Waals surface area contributed by atoms with E-state index >= 15 is 0 Å². The second-order valence-corrected chi connectivity index (χ2v) is 6.80. The van der Waals surface area contributed by atoms with E-state index in [0.29, 0.717) is 18.5 Å². The third kappa shape index (κ3) is 6.50. The van der Waals surface area contributed by atoms with Crippen molar-refractivity contribution in [2.24, 2.45) is 0 Å². The molecule has 7 heteroatoms. The standard InChI is InChI=1S/C24H22FN3O3/c25-19-12-10-18(11-13-19)16-27-23(30)24(31)28-21-9-5-4-8-20(21)22(29)26-15-14-17-6-2-1-3-7-17/h1-13H,14-16H2,(H,26,29)(H,27,30)(H,28,31). The highest BCUT2D eigenvalue weighted by atomic mass is 19.1. The zero-order chi connectivity index (χ0) is 22.1. The Morgan fingerprint density at radius 3 is 2.13 bits per heavy atom. The Hall–Kier alpha value is -4.00. The van der Waals surface area contributed by atoms with Crippen molar-refractivity contribution in [3.63, 3.8) is 0 Å². The van der Waals surface area contributed by atoms with Crippen LogP contribution in [-0.2, 0) is 22.6 Å². The van der Waals surface area contributed by atoms with Gasteiger partial charge in [0.05, 0.1) is 11.3 Å². The molecule has 158 valence electrons. The molecule has 31 heavy (non-hydrogen) atoms. The molecule has 0 heterocycles. The van der Waals surface area contributed by atoms with Crippen molar-refractivity contribution >= 4 is 23.4 Å². The second-order valence-electron chi connectivity index (χ2n) is 6.80. The van der Waals surface area contributed by atoms with E-state index in [1.54, 1.807) is 24.3 Å². The van der Waals surface area contributed by atoms with Crippen LogP contribution in [0.4, 0.5) is 10.1 Å². The molecule has 6 nitrogen and oxygen atoms in total. The Balaban J connectivity index is 1.54. The van der Waals surface area contributed by atoms with Crippen molar-refractivity contribution in [3.05, 3.63) is 101 Å². The van der Waals surface area contributed by atoms with E-state index in [-0.39, 0.29) is 29.5 Å². The zero-order valence-electron chi connectivity index (χ0n) is 16.7. The highest BCUT2D eigenvalue weighted by Crippen LogP contribution is 2.15. The first-order valence-electron chi connectivity index (χ1n) is 9.77. The Kier molecular flexibility index (Phi) is 7.48. The van der Waals surface area contributed by atoms with Crippen LogP contribution in [0.15, 0.2) is 78.9 Å². The van der Waals surface area contributed by atoms with Crippen LogP contribution >= 0.6 is 0 Å². The number of rotatable bonds is 7. The SMILES string of the molecule is O=C(NCc1ccc(F)cc1)C(=O)Nc1ccccc1C(=O)NCCc1ccccc1. The smallest absolute Gasteiger partial charge is 0.313 e. The Bertz CT molecular complexity index is 1050. The van der Waals surface area contributed by atoms with Crippen LogP contribution in [0.2, 0.25) is 0 Å². The predicted octanol–water partition coefficient (Wildman–Crippen LogP) is 3.05. The average Bonchev–Trinajstić information content (AvgIpc) is 2.79. The molecule has 0 atom stereocenters. The molecule has 0 aromatic heterocycles. The lowest BCUT2D eigenvalue weighted by Gasteiger charge is -2.12. The zero-order valence-corrected chi connectivity index (χ0v) is 16.7. The van der Waals surface area contributed by atoms with Gasteiger partial charge in [0.1, 0.15) is 5.82 Å². The Morgan fingerprint density at radius 2 is 1.39 bits per heavy atom. The summed E-state index contributed by atoms with van der Waals surface area (Å²) in [4.78, 5) is 36.9. The number of anilines is 1. The number of carbonyl (C=O) groups excluding carboxylic acids is 3. The normalized spacial score (nSPS) is 10.2. The quantitative estimate of drug-likeness (QED) is 0.515. The van der Waals surface area contributed by atoms with Crippen LogP contribution in [0.5, 0.6) is 0 Å². The van der Waals surface area contributed by atoms with Crippen LogP contribution in [0.25, 0.3) is 0 Å². The summed E-state index contributed by atoms with van der Waals surface area (Å²) in [6, 6.07) is 21.8. The van der Waals surface area contributed by atoms with Gasteiger partial charge in [-0.1, -0.05) is 54.6 Å². The van der Waals surface area contributed by atoms with E-state index < -0.39 is 11.8 Å². The van der Waals surface area contributed by atoms with E-state index in [1.165, 1.54) is 24.3 Å². The van der Waals surface area contributed by atoms with Gasteiger partial charge in [-0.15, -0.1) is 0 Å². The maximum atomic E-state index is 12.9. The Labute approximate surface area is 179 Å². The van der Waals surface area contributed by atoms with E-state index in [0.717, 1.165) is 5.56 Å². The summed E-state index contributed by atoms with van der Waals surface area (Å²) in [5.74, 6) is -2.49. The molecular formula is C24H22FN3O3. The third-order valence-corrected chi connectivity index (χ3v) is 4.53. The summed E-state index contributed by atoms with van der Waals surface area (Å²) in [6.07, 6.45) is 0.674. The molecule has 0 unspecified atom stereocenters. The van der Waals surface area contributed by atoms with Crippen LogP contribution in [0, 0.1) is 5.82 Å². The van der Waals surface area contributed by atoms with Crippen molar-refractivity contribution in [3.8, 4) is 0 Å². The monoisotopic (exact) mass is 419 g/mol. The van der Waals surface area contributed by atoms with Crippen molar-refractivity contribution < 1.29 is 18.8 Å². The topological polar surface area (TPSA) is 87.3 Å². The van der Waals surface area contributed by atoms with Crippen LogP contribution < -0.4 is 16.0 Å². The minimum absolute atomic E-state index is 0.0775. The number of para-hydroxylation sites is 1. The van der Waals surface area contributed by atoms with Gasteiger partial charge in [-0.25, -0.2) is 4.39 Å². The molecule has 0 fully saturated rings. The maximum Gasteiger partial charge on any atom is 0.313 e. The molecule has 0 saturated carbocycles. The molecule has 3 aromatic carbocycles. The van der Waals surface area contributed by atoms with Crippen molar-refractivity contribution in [2.75, 3.05) is 11.9 Å². The number of amides is 3. The lowest BCUT2D eigenvalue weighted by molar-refractivity contribution is -0.136. The first-order valence-corrected chi connectivity index (χ1v) is 9.77. The van der Waals surface area contributed by atoms with Crippen LogP contribution in [-0.4, -0.2) is 24.3 Å². The summed E-state index contributed by atoms with van der Waals surface area (Å²) in [5.41, 5.74) is 2.25. The number of halogens is 1. The largest absolute Gasteiger partial charge is 0.352 e. The molecule has 3 rings (SSSR count). The lowest BCUT2D eigenvalue weighted by Crippen LogP contribution is -2.35. The van der Waals surface area contributed by atoms with Gasteiger partial charge in [0.15, 0.2) is 0 Å². The highest BCUT2D eigenvalue weighted by Gasteiger charge is 2.17. The maximum absolute atomic E-state index is 12.9. The first-order chi connectivity index (χ1) is 15.0. The molecule has 0 radical (unpaired) electrons. The third-order valence-electron chi connectivity index (χ3n) is 4.53. The summed E-state index contributed by atoms with van der Waals surface area (Å²) in [7, 11) is 0. The number of benzene rings is 3. The molecular weight excluding hydrogens is 397 g/mol. The average molecular weight is 419 g/mol. The van der Waals surface area contributed by atoms with E-state index in [9.17, 15) is 18.8 Å². The number of hydrogen-bond donors (Lipinski definition) is 3. The van der Waals surface area contributed by atoms with E-state index in [2.05, 4.69) is 16.0 Å². The van der Waals surface area contributed by atoms with Gasteiger partial charge in [-0.3, -0.25) is 14.4 Å². The van der Waals surface area contributed by atoms with Gasteiger partial charge in [-0.2, -0.15) is 0 Å². The molecule has 3 amide bonds. The Morgan fingerprint density at radius 1 is 0.710 bits per heavy atom. The highest BCUT2D eigenvalue weighted by molar-refractivity contribution is 6.40. The number of hydrogen-bond acceptors (Lipinski definition) is 3. The minimum atomic E-state index is -0.897. The van der Waals surface area contributed by atoms with Crippen molar-refractivity contribution in [1.82, 2.24) is 10.6 Å². The first kappa shape index (κ1) is 21.7. The number of carbonyl (C=O) groups is 3. The molecule has 0 aliphatic heterocycles. The molecule has 0 aliphatic rings. The van der Waals surface area contributed by atoms with Gasteiger partial charge in [0.25, 0.3) is 5.91 Å². The van der Waals surface area contributed by atoms with Gasteiger partial charge in [0.2, 0.25) is 0 Å². The summed E-state index contributed by atoms with van der Waals surface area (Å²) >= 11 is 0. The molecule has 0 bridgehead atoms. The minimum Gasteiger partial charge on any atom is -0.352 e. The summed E-state index contributed by atoms with van der Waals surface area (Å²) in [6.45, 7) is 0.511. The summed E-state index contributed by atoms with van der Waals surface area (Å²) < 4.78 is 12.9. The van der Waals surface area contributed by atoms with Crippen molar-refractivity contribution in [1.29, 1.82) is 0 Å². The van der Waals surface area contributed by atoms with Crippen molar-refractivity contribution in [2.45, 2.75) is 13.0 Å². The van der Waals surface area contributed by atoms with Gasteiger partial charge in [0, 0.05) is 13.1 Å². The fourth-order valence-corrected chi connectivity index (χ4v) is 2.89. The second kappa shape index (κ2) is 10.7. The van der Waals surface area contributed by atoms with Crippen LogP contribution in [0.3, 0.4) is 0 Å². The fourth-order valence-electron chi connectivity index (χ4n) is 2.89. The lowest BCUT2D eigenvalue weighted by atomic mass is 10.1. The molecule has 0 aliphatic carbocycles. The molecule has 0 spiro atoms. The van der Waals surface area contributed by atoms with Crippen LogP contribution in [0.1, 0.15) is 21.5 Å². The van der Waals surface area contributed by atoms with Gasteiger partial charge < -0.3 is 16.0 Å². The van der Waals surface area contributed by atoms with Gasteiger partial charge in [-0.05, 0) is 41.8 Å². The molecule has 0 saturated heterocycles. The molecule has 3 N–H and O–H groups in total. The van der Waals surface area contributed by atoms with E-state index in [1.807, 2.05) is 30.3 Å².